The van der Waals surface area contributed by atoms with Crippen LogP contribution in [0.5, 0.6) is 0 Å². The van der Waals surface area contributed by atoms with E-state index in [-0.39, 0.29) is 11.9 Å². The average molecular weight is 277 g/mol. The maximum atomic E-state index is 13.0. The molecule has 1 N–H and O–H groups in total. The van der Waals surface area contributed by atoms with E-state index in [2.05, 4.69) is 31.3 Å². The molecule has 0 radical (unpaired) electrons. The minimum absolute atomic E-state index is 0.177. The standard InChI is InChI=1S/C16H20FNS/c1-3-14-9-10-15(19-14)11-16(18-4-2)12-5-7-13(17)8-6-12/h5-10,16,18H,3-4,11H2,1-2H3. The molecule has 102 valence electrons. The van der Waals surface area contributed by atoms with E-state index >= 15 is 0 Å². The second kappa shape index (κ2) is 6.83. The van der Waals surface area contributed by atoms with Crippen LogP contribution in [-0.4, -0.2) is 6.54 Å². The second-order valence-corrected chi connectivity index (χ2v) is 5.84. The van der Waals surface area contributed by atoms with Gasteiger partial charge in [-0.2, -0.15) is 0 Å². The molecule has 0 amide bonds. The van der Waals surface area contributed by atoms with Crippen molar-refractivity contribution in [1.29, 1.82) is 0 Å². The largest absolute Gasteiger partial charge is 0.310 e. The second-order valence-electron chi connectivity index (χ2n) is 4.59. The first-order valence-electron chi connectivity index (χ1n) is 6.79. The molecule has 1 atom stereocenters. The lowest BCUT2D eigenvalue weighted by molar-refractivity contribution is 0.551. The zero-order valence-corrected chi connectivity index (χ0v) is 12.3. The van der Waals surface area contributed by atoms with Gasteiger partial charge in [0.15, 0.2) is 0 Å². The monoisotopic (exact) mass is 277 g/mol. The fourth-order valence-corrected chi connectivity index (χ4v) is 3.18. The van der Waals surface area contributed by atoms with Crippen LogP contribution in [-0.2, 0) is 12.8 Å². The number of likely N-dealkylation sites (N-methyl/N-ethyl adjacent to an activating group) is 1. The summed E-state index contributed by atoms with van der Waals surface area (Å²) in [6.45, 7) is 5.19. The highest BCUT2D eigenvalue weighted by atomic mass is 32.1. The zero-order valence-electron chi connectivity index (χ0n) is 11.4. The third kappa shape index (κ3) is 3.88. The van der Waals surface area contributed by atoms with Gasteiger partial charge >= 0.3 is 0 Å². The van der Waals surface area contributed by atoms with E-state index in [1.165, 1.54) is 21.9 Å². The summed E-state index contributed by atoms with van der Waals surface area (Å²) < 4.78 is 13.0. The van der Waals surface area contributed by atoms with Gasteiger partial charge in [0.2, 0.25) is 0 Å². The Hall–Kier alpha value is -1.19. The lowest BCUT2D eigenvalue weighted by atomic mass is 10.0. The molecule has 0 aliphatic carbocycles. The van der Waals surface area contributed by atoms with E-state index in [4.69, 9.17) is 0 Å². The summed E-state index contributed by atoms with van der Waals surface area (Å²) in [5.74, 6) is -0.177. The number of rotatable bonds is 6. The van der Waals surface area contributed by atoms with Gasteiger partial charge in [-0.3, -0.25) is 0 Å². The summed E-state index contributed by atoms with van der Waals surface area (Å²) in [6, 6.07) is 11.5. The molecule has 0 aliphatic heterocycles. The predicted molar refractivity (Wildman–Crippen MR) is 80.2 cm³/mol. The molecule has 1 aromatic carbocycles. The molecular formula is C16H20FNS. The molecule has 1 aromatic heterocycles. The third-order valence-corrected chi connectivity index (χ3v) is 4.45. The van der Waals surface area contributed by atoms with Crippen LogP contribution in [0.15, 0.2) is 36.4 Å². The molecule has 2 aromatic rings. The Morgan fingerprint density at radius 3 is 2.32 bits per heavy atom. The number of halogens is 1. The maximum Gasteiger partial charge on any atom is 0.123 e. The van der Waals surface area contributed by atoms with Crippen molar-refractivity contribution in [2.75, 3.05) is 6.54 Å². The van der Waals surface area contributed by atoms with Gasteiger partial charge in [0, 0.05) is 22.2 Å². The smallest absolute Gasteiger partial charge is 0.123 e. The molecule has 0 saturated heterocycles. The van der Waals surface area contributed by atoms with Crippen LogP contribution >= 0.6 is 11.3 Å². The lowest BCUT2D eigenvalue weighted by Crippen LogP contribution is -2.22. The van der Waals surface area contributed by atoms with Crippen molar-refractivity contribution >= 4 is 11.3 Å². The first-order valence-corrected chi connectivity index (χ1v) is 7.61. The van der Waals surface area contributed by atoms with Crippen LogP contribution < -0.4 is 5.32 Å². The van der Waals surface area contributed by atoms with Crippen molar-refractivity contribution in [2.45, 2.75) is 32.7 Å². The van der Waals surface area contributed by atoms with Gasteiger partial charge in [-0.25, -0.2) is 4.39 Å². The molecule has 0 aliphatic rings. The van der Waals surface area contributed by atoms with Gasteiger partial charge in [-0.05, 0) is 42.8 Å². The van der Waals surface area contributed by atoms with Crippen molar-refractivity contribution in [3.05, 3.63) is 57.5 Å². The van der Waals surface area contributed by atoms with Crippen molar-refractivity contribution in [3.63, 3.8) is 0 Å². The van der Waals surface area contributed by atoms with Crippen LogP contribution in [0.1, 0.15) is 35.2 Å². The molecule has 0 fully saturated rings. The van der Waals surface area contributed by atoms with Gasteiger partial charge in [-0.1, -0.05) is 26.0 Å². The van der Waals surface area contributed by atoms with E-state index in [1.54, 1.807) is 0 Å². The molecule has 19 heavy (non-hydrogen) atoms. The molecule has 1 heterocycles. The van der Waals surface area contributed by atoms with Gasteiger partial charge in [0.05, 0.1) is 0 Å². The highest BCUT2D eigenvalue weighted by Crippen LogP contribution is 2.24. The lowest BCUT2D eigenvalue weighted by Gasteiger charge is -2.17. The van der Waals surface area contributed by atoms with Gasteiger partial charge in [0.25, 0.3) is 0 Å². The van der Waals surface area contributed by atoms with Gasteiger partial charge in [-0.15, -0.1) is 11.3 Å². The first-order chi connectivity index (χ1) is 9.22. The Bertz CT molecular complexity index is 504. The highest BCUT2D eigenvalue weighted by molar-refractivity contribution is 7.11. The fraction of sp³-hybridized carbons (Fsp3) is 0.375. The van der Waals surface area contributed by atoms with E-state index in [1.807, 2.05) is 23.5 Å². The van der Waals surface area contributed by atoms with Crippen molar-refractivity contribution in [3.8, 4) is 0 Å². The Kier molecular flexibility index (Phi) is 5.11. The van der Waals surface area contributed by atoms with Crippen LogP contribution in [0.4, 0.5) is 4.39 Å². The third-order valence-electron chi connectivity index (χ3n) is 3.19. The van der Waals surface area contributed by atoms with Crippen LogP contribution in [0.2, 0.25) is 0 Å². The van der Waals surface area contributed by atoms with E-state index in [0.717, 1.165) is 24.9 Å². The number of aryl methyl sites for hydroxylation is 1. The zero-order chi connectivity index (χ0) is 13.7. The summed E-state index contributed by atoms with van der Waals surface area (Å²) in [5, 5.41) is 3.48. The Morgan fingerprint density at radius 2 is 1.74 bits per heavy atom. The Balaban J connectivity index is 2.13. The normalized spacial score (nSPS) is 12.6. The van der Waals surface area contributed by atoms with Crippen LogP contribution in [0.25, 0.3) is 0 Å². The van der Waals surface area contributed by atoms with Crippen molar-refractivity contribution in [2.24, 2.45) is 0 Å². The Morgan fingerprint density at radius 1 is 1.05 bits per heavy atom. The minimum atomic E-state index is -0.177. The quantitative estimate of drug-likeness (QED) is 0.828. The van der Waals surface area contributed by atoms with Gasteiger partial charge in [0.1, 0.15) is 5.82 Å². The van der Waals surface area contributed by atoms with E-state index in [9.17, 15) is 4.39 Å². The molecular weight excluding hydrogens is 257 g/mol. The highest BCUT2D eigenvalue weighted by Gasteiger charge is 2.12. The number of nitrogens with one attached hydrogen (secondary N) is 1. The number of hydrogen-bond acceptors (Lipinski definition) is 2. The number of hydrogen-bond donors (Lipinski definition) is 1. The summed E-state index contributed by atoms with van der Waals surface area (Å²) >= 11 is 1.87. The minimum Gasteiger partial charge on any atom is -0.310 e. The van der Waals surface area contributed by atoms with E-state index in [0.29, 0.717) is 0 Å². The van der Waals surface area contributed by atoms with E-state index < -0.39 is 0 Å². The molecule has 3 heteroatoms. The maximum absolute atomic E-state index is 13.0. The summed E-state index contributed by atoms with van der Waals surface area (Å²) in [4.78, 5) is 2.80. The average Bonchev–Trinajstić information content (AvgIpc) is 2.87. The molecule has 2 rings (SSSR count). The van der Waals surface area contributed by atoms with Gasteiger partial charge < -0.3 is 5.32 Å². The summed E-state index contributed by atoms with van der Waals surface area (Å²) in [7, 11) is 0. The summed E-state index contributed by atoms with van der Waals surface area (Å²) in [6.07, 6.45) is 2.05. The Labute approximate surface area is 118 Å². The molecule has 0 bridgehead atoms. The first kappa shape index (κ1) is 14.2. The SMILES string of the molecule is CCNC(Cc1ccc(CC)s1)c1ccc(F)cc1. The van der Waals surface area contributed by atoms with Crippen LogP contribution in [0.3, 0.4) is 0 Å². The molecule has 0 spiro atoms. The fourth-order valence-electron chi connectivity index (χ4n) is 2.17. The molecule has 1 unspecified atom stereocenters. The number of benzene rings is 1. The number of thiophene rings is 1. The van der Waals surface area contributed by atoms with Crippen molar-refractivity contribution in [1.82, 2.24) is 5.32 Å². The topological polar surface area (TPSA) is 12.0 Å². The molecule has 1 nitrogen and oxygen atoms in total. The predicted octanol–water partition coefficient (Wildman–Crippen LogP) is 4.34. The van der Waals surface area contributed by atoms with Crippen LogP contribution in [0, 0.1) is 5.82 Å². The summed E-state index contributed by atoms with van der Waals surface area (Å²) in [5.41, 5.74) is 1.15. The van der Waals surface area contributed by atoms with Crippen molar-refractivity contribution < 1.29 is 4.39 Å². The molecule has 0 saturated carbocycles.